The van der Waals surface area contributed by atoms with E-state index in [1.54, 1.807) is 21.0 Å². The van der Waals surface area contributed by atoms with Crippen LogP contribution in [0.5, 0.6) is 0 Å². The number of aromatic nitrogens is 4. The lowest BCUT2D eigenvalue weighted by Crippen LogP contribution is -2.24. The fourth-order valence-electron chi connectivity index (χ4n) is 1.63. The highest BCUT2D eigenvalue weighted by Gasteiger charge is 2.21. The minimum atomic E-state index is -3.67. The molecule has 2 heterocycles. The molecule has 0 amide bonds. The Morgan fingerprint density at radius 2 is 1.95 bits per heavy atom. The van der Waals surface area contributed by atoms with Crippen molar-refractivity contribution in [3.8, 4) is 0 Å². The van der Waals surface area contributed by atoms with Crippen molar-refractivity contribution in [2.45, 2.75) is 18.4 Å². The van der Waals surface area contributed by atoms with Crippen molar-refractivity contribution in [1.29, 1.82) is 0 Å². The first kappa shape index (κ1) is 15.3. The van der Waals surface area contributed by atoms with Crippen LogP contribution in [0.1, 0.15) is 11.4 Å². The average Bonchev–Trinajstić information content (AvgIpc) is 2.84. The molecule has 0 spiro atoms. The minimum absolute atomic E-state index is 0.0456. The Labute approximate surface area is 126 Å². The molecule has 0 aliphatic heterocycles. The Morgan fingerprint density at radius 1 is 1.30 bits per heavy atom. The van der Waals surface area contributed by atoms with E-state index in [1.807, 2.05) is 0 Å². The lowest BCUT2D eigenvalue weighted by molar-refractivity contribution is 0.578. The topological polar surface area (TPSA) is 81.8 Å². The van der Waals surface area contributed by atoms with Crippen LogP contribution in [-0.4, -0.2) is 28.0 Å². The van der Waals surface area contributed by atoms with Gasteiger partial charge in [-0.25, -0.2) is 13.1 Å². The van der Waals surface area contributed by atoms with Crippen LogP contribution in [0, 0.1) is 6.92 Å². The van der Waals surface area contributed by atoms with Crippen molar-refractivity contribution in [3.05, 3.63) is 27.8 Å². The third kappa shape index (κ3) is 2.69. The van der Waals surface area contributed by atoms with Gasteiger partial charge in [-0.05, 0) is 6.92 Å². The number of rotatable bonds is 4. The monoisotopic (exact) mass is 337 g/mol. The maximum Gasteiger partial charge on any atom is 0.244 e. The molecule has 0 bridgehead atoms. The lowest BCUT2D eigenvalue weighted by atomic mass is 10.4. The van der Waals surface area contributed by atoms with E-state index in [4.69, 9.17) is 23.2 Å². The molecule has 0 saturated carbocycles. The molecule has 7 nitrogen and oxygen atoms in total. The Balaban J connectivity index is 2.22. The molecule has 110 valence electrons. The summed E-state index contributed by atoms with van der Waals surface area (Å²) >= 11 is 11.8. The van der Waals surface area contributed by atoms with Gasteiger partial charge in [-0.2, -0.15) is 10.2 Å². The molecule has 0 unspecified atom stereocenters. The predicted octanol–water partition coefficient (Wildman–Crippen LogP) is 1.25. The summed E-state index contributed by atoms with van der Waals surface area (Å²) in [6, 6.07) is 0. The summed E-state index contributed by atoms with van der Waals surface area (Å²) in [5, 5.41) is 8.44. The molecular formula is C10H13Cl2N5O2S. The largest absolute Gasteiger partial charge is 0.272 e. The Bertz CT molecular complexity index is 750. The Morgan fingerprint density at radius 3 is 2.40 bits per heavy atom. The van der Waals surface area contributed by atoms with Crippen LogP contribution in [-0.2, 0) is 30.7 Å². The molecule has 0 aliphatic rings. The molecular weight excluding hydrogens is 325 g/mol. The van der Waals surface area contributed by atoms with Crippen LogP contribution in [0.3, 0.4) is 0 Å². The zero-order valence-corrected chi connectivity index (χ0v) is 13.4. The second kappa shape index (κ2) is 5.36. The first-order chi connectivity index (χ1) is 9.24. The molecule has 0 atom stereocenters. The fraction of sp³-hybridized carbons (Fsp3) is 0.400. The number of halogens is 2. The average molecular weight is 338 g/mol. The molecule has 0 aromatic carbocycles. The third-order valence-electron chi connectivity index (χ3n) is 2.90. The van der Waals surface area contributed by atoms with Gasteiger partial charge >= 0.3 is 0 Å². The second-order valence-corrected chi connectivity index (χ2v) is 6.69. The van der Waals surface area contributed by atoms with Crippen LogP contribution in [0.15, 0.2) is 11.1 Å². The van der Waals surface area contributed by atoms with Gasteiger partial charge in [0.1, 0.15) is 15.1 Å². The first-order valence-electron chi connectivity index (χ1n) is 5.59. The molecule has 2 rings (SSSR count). The molecule has 2 aromatic heterocycles. The summed E-state index contributed by atoms with van der Waals surface area (Å²) < 4.78 is 29.6. The molecule has 10 heteroatoms. The SMILES string of the molecule is Cc1c(S(=O)(=O)NCc2nn(C)c(Cl)c2Cl)cnn1C. The molecule has 0 saturated heterocycles. The van der Waals surface area contributed by atoms with Crippen molar-refractivity contribution in [2.75, 3.05) is 0 Å². The summed E-state index contributed by atoms with van der Waals surface area (Å²) in [7, 11) is -0.380. The predicted molar refractivity (Wildman–Crippen MR) is 75.2 cm³/mol. The van der Waals surface area contributed by atoms with Crippen LogP contribution < -0.4 is 4.72 Å². The molecule has 0 aliphatic carbocycles. The van der Waals surface area contributed by atoms with E-state index in [0.29, 0.717) is 11.4 Å². The number of aryl methyl sites for hydroxylation is 2. The Hall–Kier alpha value is -1.09. The number of nitrogens with one attached hydrogen (secondary N) is 1. The maximum atomic E-state index is 12.2. The fourth-order valence-corrected chi connectivity index (χ4v) is 3.19. The number of hydrogen-bond acceptors (Lipinski definition) is 4. The summed E-state index contributed by atoms with van der Waals surface area (Å²) in [5.41, 5.74) is 0.909. The summed E-state index contributed by atoms with van der Waals surface area (Å²) in [6.45, 7) is 1.63. The lowest BCUT2D eigenvalue weighted by Gasteiger charge is -2.04. The zero-order valence-electron chi connectivity index (χ0n) is 11.1. The van der Waals surface area contributed by atoms with E-state index in [-0.39, 0.29) is 21.6 Å². The highest BCUT2D eigenvalue weighted by atomic mass is 35.5. The standard InChI is InChI=1S/C10H13Cl2N5O2S/c1-6-8(5-13-16(6)2)20(18,19)14-4-7-9(11)10(12)17(3)15-7/h5,14H,4H2,1-3H3. The van der Waals surface area contributed by atoms with Crippen LogP contribution in [0.4, 0.5) is 0 Å². The van der Waals surface area contributed by atoms with Gasteiger partial charge in [0, 0.05) is 14.1 Å². The maximum absolute atomic E-state index is 12.2. The highest BCUT2D eigenvalue weighted by molar-refractivity contribution is 7.89. The molecule has 0 radical (unpaired) electrons. The van der Waals surface area contributed by atoms with Gasteiger partial charge in [0.25, 0.3) is 0 Å². The third-order valence-corrected chi connectivity index (χ3v) is 5.33. The van der Waals surface area contributed by atoms with E-state index in [0.717, 1.165) is 0 Å². The zero-order chi connectivity index (χ0) is 15.1. The smallest absolute Gasteiger partial charge is 0.244 e. The normalized spacial score (nSPS) is 12.1. The number of nitrogens with zero attached hydrogens (tertiary/aromatic N) is 4. The van der Waals surface area contributed by atoms with Crippen molar-refractivity contribution < 1.29 is 8.42 Å². The van der Waals surface area contributed by atoms with E-state index < -0.39 is 10.0 Å². The number of sulfonamides is 1. The van der Waals surface area contributed by atoms with E-state index in [1.165, 1.54) is 15.6 Å². The summed E-state index contributed by atoms with van der Waals surface area (Å²) in [5.74, 6) is 0. The van der Waals surface area contributed by atoms with E-state index in [2.05, 4.69) is 14.9 Å². The molecule has 2 aromatic rings. The summed E-state index contributed by atoms with van der Waals surface area (Å²) in [4.78, 5) is 0.123. The van der Waals surface area contributed by atoms with Crippen LogP contribution >= 0.6 is 23.2 Å². The van der Waals surface area contributed by atoms with Gasteiger partial charge < -0.3 is 0 Å². The summed E-state index contributed by atoms with van der Waals surface area (Å²) in [6.07, 6.45) is 1.30. The molecule has 0 fully saturated rings. The second-order valence-electron chi connectivity index (χ2n) is 4.22. The first-order valence-corrected chi connectivity index (χ1v) is 7.83. The van der Waals surface area contributed by atoms with Gasteiger partial charge in [-0.15, -0.1) is 0 Å². The van der Waals surface area contributed by atoms with Crippen molar-refractivity contribution >= 4 is 33.2 Å². The van der Waals surface area contributed by atoms with E-state index in [9.17, 15) is 8.42 Å². The molecule has 20 heavy (non-hydrogen) atoms. The number of hydrogen-bond donors (Lipinski definition) is 1. The van der Waals surface area contributed by atoms with Crippen molar-refractivity contribution in [2.24, 2.45) is 14.1 Å². The molecule has 1 N–H and O–H groups in total. The Kier molecular flexibility index (Phi) is 4.10. The van der Waals surface area contributed by atoms with Gasteiger partial charge in [-0.1, -0.05) is 23.2 Å². The highest BCUT2D eigenvalue weighted by Crippen LogP contribution is 2.25. The van der Waals surface area contributed by atoms with Crippen LogP contribution in [0.25, 0.3) is 0 Å². The minimum Gasteiger partial charge on any atom is -0.272 e. The van der Waals surface area contributed by atoms with Crippen molar-refractivity contribution in [3.63, 3.8) is 0 Å². The van der Waals surface area contributed by atoms with Gasteiger partial charge in [-0.3, -0.25) is 9.36 Å². The van der Waals surface area contributed by atoms with Gasteiger partial charge in [0.05, 0.1) is 24.1 Å². The van der Waals surface area contributed by atoms with Crippen LogP contribution in [0.2, 0.25) is 10.2 Å². The quantitative estimate of drug-likeness (QED) is 0.910. The van der Waals surface area contributed by atoms with Gasteiger partial charge in [0.2, 0.25) is 10.0 Å². The van der Waals surface area contributed by atoms with Gasteiger partial charge in [0.15, 0.2) is 0 Å². The van der Waals surface area contributed by atoms with Crippen molar-refractivity contribution in [1.82, 2.24) is 24.3 Å². The van der Waals surface area contributed by atoms with E-state index >= 15 is 0 Å².